The molecule has 7 heteroatoms. The molecule has 1 fully saturated rings. The molecular weight excluding hydrogens is 378 g/mol. The van der Waals surface area contributed by atoms with Gasteiger partial charge in [-0.25, -0.2) is 0 Å². The van der Waals surface area contributed by atoms with Gasteiger partial charge in [0.2, 0.25) is 0 Å². The Morgan fingerprint density at radius 1 is 0.733 bits per heavy atom. The first-order chi connectivity index (χ1) is 14.7. The van der Waals surface area contributed by atoms with Crippen LogP contribution >= 0.6 is 0 Å². The Hall–Kier alpha value is -3.71. The first-order valence-electron chi connectivity index (χ1n) is 9.65. The van der Waals surface area contributed by atoms with Gasteiger partial charge in [0.1, 0.15) is 6.73 Å². The number of benzene rings is 3. The lowest BCUT2D eigenvalue weighted by atomic mass is 10.1. The van der Waals surface area contributed by atoms with Crippen molar-refractivity contribution in [1.82, 2.24) is 0 Å². The molecule has 0 bridgehead atoms. The fourth-order valence-corrected chi connectivity index (χ4v) is 2.93. The second kappa shape index (κ2) is 9.19. The van der Waals surface area contributed by atoms with E-state index in [1.807, 2.05) is 48.5 Å². The van der Waals surface area contributed by atoms with Crippen LogP contribution in [0.4, 0.5) is 28.4 Å². The fraction of sp³-hybridized carbons (Fsp3) is 0.174. The molecule has 0 radical (unpaired) electrons. The molecule has 0 spiro atoms. The predicted octanol–water partition coefficient (Wildman–Crippen LogP) is 6.51. The van der Waals surface area contributed by atoms with Crippen molar-refractivity contribution in [2.24, 2.45) is 20.5 Å². The zero-order valence-electron chi connectivity index (χ0n) is 16.6. The number of carbonyl (C=O) groups excluding carboxylic acids is 1. The summed E-state index contributed by atoms with van der Waals surface area (Å²) in [6, 6.07) is 22.3. The number of Topliss-reactive ketones (excluding diaryl/α,β-unsaturated/α-hetero) is 1. The Kier molecular flexibility index (Phi) is 6.01. The van der Waals surface area contributed by atoms with E-state index in [0.717, 1.165) is 30.2 Å². The van der Waals surface area contributed by atoms with Crippen molar-refractivity contribution in [3.63, 3.8) is 0 Å². The highest BCUT2D eigenvalue weighted by atomic mass is 16.5. The quantitative estimate of drug-likeness (QED) is 0.350. The number of anilines is 1. The molecular formula is C23H21N5O2. The number of hydrogen-bond donors (Lipinski definition) is 0. The van der Waals surface area contributed by atoms with Crippen LogP contribution < -0.4 is 4.90 Å². The van der Waals surface area contributed by atoms with Gasteiger partial charge in [0.05, 0.1) is 29.4 Å². The molecule has 1 aliphatic heterocycles. The Bertz CT molecular complexity index is 1050. The molecule has 0 aromatic heterocycles. The van der Waals surface area contributed by atoms with Crippen LogP contribution in [-0.4, -0.2) is 25.7 Å². The lowest BCUT2D eigenvalue weighted by Crippen LogP contribution is -2.17. The van der Waals surface area contributed by atoms with E-state index < -0.39 is 0 Å². The summed E-state index contributed by atoms with van der Waals surface area (Å²) in [5.74, 6) is 0.0281. The molecule has 1 heterocycles. The molecule has 0 amide bonds. The van der Waals surface area contributed by atoms with Crippen LogP contribution in [0.5, 0.6) is 0 Å². The minimum absolute atomic E-state index is 0.0281. The molecule has 1 aliphatic rings. The van der Waals surface area contributed by atoms with Gasteiger partial charge >= 0.3 is 0 Å². The average molecular weight is 399 g/mol. The summed E-state index contributed by atoms with van der Waals surface area (Å²) in [5, 5.41) is 17.0. The monoisotopic (exact) mass is 399 g/mol. The molecule has 0 N–H and O–H groups in total. The highest BCUT2D eigenvalue weighted by molar-refractivity contribution is 5.94. The molecule has 150 valence electrons. The number of ether oxygens (including phenoxy) is 1. The molecule has 0 unspecified atom stereocenters. The minimum Gasteiger partial charge on any atom is -0.359 e. The Balaban J connectivity index is 1.36. The zero-order valence-corrected chi connectivity index (χ0v) is 16.6. The number of ketones is 1. The van der Waals surface area contributed by atoms with Crippen LogP contribution in [0, 0.1) is 0 Å². The van der Waals surface area contributed by atoms with E-state index in [-0.39, 0.29) is 5.78 Å². The largest absolute Gasteiger partial charge is 0.359 e. The standard InChI is InChI=1S/C23H21N5O2/c1-17(29)18-2-4-19(5-3-18)24-25-20-6-8-21(9-7-20)26-27-22-10-12-23(13-11-22)28-14-15-30-16-28/h2-13H,14-16H2,1H3. The number of azo groups is 2. The summed E-state index contributed by atoms with van der Waals surface area (Å²) >= 11 is 0. The second-order valence-electron chi connectivity index (χ2n) is 6.84. The lowest BCUT2D eigenvalue weighted by molar-refractivity contribution is 0.101. The Labute approximate surface area is 174 Å². The van der Waals surface area contributed by atoms with E-state index in [2.05, 4.69) is 25.4 Å². The van der Waals surface area contributed by atoms with Crippen molar-refractivity contribution >= 4 is 34.2 Å². The SMILES string of the molecule is CC(=O)c1ccc(N=Nc2ccc(N=Nc3ccc(N4CCOC4)cc3)cc2)cc1. The van der Waals surface area contributed by atoms with Crippen LogP contribution in [0.2, 0.25) is 0 Å². The van der Waals surface area contributed by atoms with Crippen LogP contribution in [-0.2, 0) is 4.74 Å². The molecule has 0 atom stereocenters. The van der Waals surface area contributed by atoms with E-state index in [4.69, 9.17) is 4.74 Å². The maximum atomic E-state index is 11.3. The third-order valence-electron chi connectivity index (χ3n) is 4.65. The van der Waals surface area contributed by atoms with Gasteiger partial charge in [0.25, 0.3) is 0 Å². The van der Waals surface area contributed by atoms with E-state index in [1.165, 1.54) is 6.92 Å². The molecule has 4 rings (SSSR count). The van der Waals surface area contributed by atoms with E-state index >= 15 is 0 Å². The van der Waals surface area contributed by atoms with Crippen LogP contribution in [0.3, 0.4) is 0 Å². The molecule has 3 aromatic rings. The molecule has 7 nitrogen and oxygen atoms in total. The third-order valence-corrected chi connectivity index (χ3v) is 4.65. The molecule has 0 saturated carbocycles. The summed E-state index contributed by atoms with van der Waals surface area (Å²) in [6.45, 7) is 3.85. The van der Waals surface area contributed by atoms with E-state index in [9.17, 15) is 4.79 Å². The highest BCUT2D eigenvalue weighted by Crippen LogP contribution is 2.25. The summed E-state index contributed by atoms with van der Waals surface area (Å²) < 4.78 is 5.37. The van der Waals surface area contributed by atoms with Gasteiger partial charge in [-0.05, 0) is 79.7 Å². The first-order valence-corrected chi connectivity index (χ1v) is 9.65. The average Bonchev–Trinajstić information content (AvgIpc) is 3.33. The second-order valence-corrected chi connectivity index (χ2v) is 6.84. The number of carbonyl (C=O) groups is 1. The lowest BCUT2D eigenvalue weighted by Gasteiger charge is -2.15. The van der Waals surface area contributed by atoms with Gasteiger partial charge in [-0.3, -0.25) is 4.79 Å². The number of hydrogen-bond acceptors (Lipinski definition) is 7. The summed E-state index contributed by atoms with van der Waals surface area (Å²) in [5.41, 5.74) is 4.70. The minimum atomic E-state index is 0.0281. The Morgan fingerprint density at radius 2 is 1.17 bits per heavy atom. The normalized spacial score (nSPS) is 14.1. The molecule has 3 aromatic carbocycles. The fourth-order valence-electron chi connectivity index (χ4n) is 2.93. The van der Waals surface area contributed by atoms with Crippen molar-refractivity contribution in [1.29, 1.82) is 0 Å². The van der Waals surface area contributed by atoms with Gasteiger partial charge < -0.3 is 9.64 Å². The van der Waals surface area contributed by atoms with E-state index in [1.54, 1.807) is 24.3 Å². The molecule has 1 saturated heterocycles. The number of nitrogens with zero attached hydrogens (tertiary/aromatic N) is 5. The van der Waals surface area contributed by atoms with Gasteiger partial charge in [-0.15, -0.1) is 0 Å². The van der Waals surface area contributed by atoms with Crippen LogP contribution in [0.1, 0.15) is 17.3 Å². The maximum Gasteiger partial charge on any atom is 0.159 e. The predicted molar refractivity (Wildman–Crippen MR) is 116 cm³/mol. The van der Waals surface area contributed by atoms with Crippen molar-refractivity contribution in [3.8, 4) is 0 Å². The number of rotatable bonds is 6. The topological polar surface area (TPSA) is 79.0 Å². The zero-order chi connectivity index (χ0) is 20.8. The van der Waals surface area contributed by atoms with Gasteiger partial charge in [-0.1, -0.05) is 0 Å². The highest BCUT2D eigenvalue weighted by Gasteiger charge is 2.11. The smallest absolute Gasteiger partial charge is 0.159 e. The van der Waals surface area contributed by atoms with Gasteiger partial charge in [-0.2, -0.15) is 20.5 Å². The van der Waals surface area contributed by atoms with Crippen molar-refractivity contribution in [2.75, 3.05) is 24.8 Å². The molecule has 30 heavy (non-hydrogen) atoms. The maximum absolute atomic E-state index is 11.3. The summed E-state index contributed by atoms with van der Waals surface area (Å²) in [6.07, 6.45) is 0. The van der Waals surface area contributed by atoms with Gasteiger partial charge in [0.15, 0.2) is 5.78 Å². The van der Waals surface area contributed by atoms with Crippen molar-refractivity contribution < 1.29 is 9.53 Å². The van der Waals surface area contributed by atoms with Gasteiger partial charge in [0, 0.05) is 17.8 Å². The third kappa shape index (κ3) is 5.01. The van der Waals surface area contributed by atoms with E-state index in [0.29, 0.717) is 23.7 Å². The molecule has 0 aliphatic carbocycles. The van der Waals surface area contributed by atoms with Crippen molar-refractivity contribution in [3.05, 3.63) is 78.4 Å². The van der Waals surface area contributed by atoms with Crippen LogP contribution in [0.15, 0.2) is 93.3 Å². The summed E-state index contributed by atoms with van der Waals surface area (Å²) in [4.78, 5) is 13.5. The Morgan fingerprint density at radius 3 is 1.57 bits per heavy atom. The van der Waals surface area contributed by atoms with Crippen LogP contribution in [0.25, 0.3) is 0 Å². The van der Waals surface area contributed by atoms with Crippen molar-refractivity contribution in [2.45, 2.75) is 6.92 Å². The summed E-state index contributed by atoms with van der Waals surface area (Å²) in [7, 11) is 0. The first kappa shape index (κ1) is 19.6.